The summed E-state index contributed by atoms with van der Waals surface area (Å²) in [5, 5.41) is 7.07. The number of hydrogen-bond acceptors (Lipinski definition) is 7. The SMILES string of the molecule is CCOc1ccc2c(c1)[C@@H]1CC(c3ccccc3)=NN1[C@H](c1cc(OC)c(OC)c(OC)c1)O2. The third kappa shape index (κ3) is 3.77. The lowest BCUT2D eigenvalue weighted by Gasteiger charge is -2.38. The van der Waals surface area contributed by atoms with Crippen molar-refractivity contribution in [3.63, 3.8) is 0 Å². The predicted octanol–water partition coefficient (Wildman–Crippen LogP) is 5.35. The zero-order valence-electron chi connectivity index (χ0n) is 19.8. The number of hydrazone groups is 1. The monoisotopic (exact) mass is 460 g/mol. The van der Waals surface area contributed by atoms with E-state index in [1.807, 2.05) is 54.4 Å². The van der Waals surface area contributed by atoms with Crippen LogP contribution < -0.4 is 23.7 Å². The zero-order valence-corrected chi connectivity index (χ0v) is 19.8. The summed E-state index contributed by atoms with van der Waals surface area (Å²) in [7, 11) is 4.81. The van der Waals surface area contributed by atoms with Crippen molar-refractivity contribution in [2.24, 2.45) is 5.10 Å². The Hall–Kier alpha value is -3.87. The van der Waals surface area contributed by atoms with Gasteiger partial charge in [0.2, 0.25) is 12.0 Å². The highest BCUT2D eigenvalue weighted by atomic mass is 16.5. The molecule has 2 aliphatic heterocycles. The van der Waals surface area contributed by atoms with Crippen molar-refractivity contribution in [3.05, 3.63) is 77.4 Å². The van der Waals surface area contributed by atoms with Gasteiger partial charge in [0.15, 0.2) is 11.5 Å². The topological polar surface area (TPSA) is 61.8 Å². The van der Waals surface area contributed by atoms with E-state index in [-0.39, 0.29) is 6.04 Å². The molecule has 2 heterocycles. The van der Waals surface area contributed by atoms with E-state index in [0.29, 0.717) is 23.9 Å². The first kappa shape index (κ1) is 21.9. The molecule has 3 aromatic carbocycles. The lowest BCUT2D eigenvalue weighted by Crippen LogP contribution is -2.33. The van der Waals surface area contributed by atoms with Crippen LogP contribution in [0.4, 0.5) is 0 Å². The van der Waals surface area contributed by atoms with Crippen LogP contribution in [0.25, 0.3) is 0 Å². The highest BCUT2D eigenvalue weighted by molar-refractivity contribution is 6.01. The van der Waals surface area contributed by atoms with Gasteiger partial charge in [-0.1, -0.05) is 30.3 Å². The number of fused-ring (bicyclic) bond motifs is 3. The molecule has 2 aliphatic rings. The summed E-state index contributed by atoms with van der Waals surface area (Å²) < 4.78 is 29.0. The van der Waals surface area contributed by atoms with E-state index < -0.39 is 6.23 Å². The van der Waals surface area contributed by atoms with Gasteiger partial charge < -0.3 is 23.7 Å². The first-order chi connectivity index (χ1) is 16.7. The summed E-state index contributed by atoms with van der Waals surface area (Å²) >= 11 is 0. The minimum absolute atomic E-state index is 0.00320. The molecule has 0 amide bonds. The van der Waals surface area contributed by atoms with Gasteiger partial charge >= 0.3 is 0 Å². The maximum Gasteiger partial charge on any atom is 0.214 e. The minimum atomic E-state index is -0.467. The molecular weight excluding hydrogens is 432 g/mol. The third-order valence-corrected chi connectivity index (χ3v) is 6.15. The van der Waals surface area contributed by atoms with Crippen LogP contribution in [0.1, 0.15) is 42.3 Å². The van der Waals surface area contributed by atoms with Crippen LogP contribution in [-0.4, -0.2) is 38.7 Å². The second-order valence-electron chi connectivity index (χ2n) is 8.07. The predicted molar refractivity (Wildman–Crippen MR) is 129 cm³/mol. The number of nitrogens with zero attached hydrogens (tertiary/aromatic N) is 2. The standard InChI is InChI=1S/C27H28N2O5/c1-5-33-19-11-12-23-20(15-19)22-16-21(17-9-7-6-8-10-17)28-29(22)27(34-23)18-13-24(30-2)26(32-4)25(14-18)31-3/h6-15,22,27H,5,16H2,1-4H3/t22-,27-/m0/s1. The molecule has 34 heavy (non-hydrogen) atoms. The third-order valence-electron chi connectivity index (χ3n) is 6.15. The molecule has 0 saturated carbocycles. The Morgan fingerprint density at radius 2 is 1.68 bits per heavy atom. The van der Waals surface area contributed by atoms with Crippen molar-refractivity contribution < 1.29 is 23.7 Å². The van der Waals surface area contributed by atoms with Crippen molar-refractivity contribution in [3.8, 4) is 28.7 Å². The van der Waals surface area contributed by atoms with Crippen molar-refractivity contribution in [1.82, 2.24) is 5.01 Å². The Kier molecular flexibility index (Phi) is 5.92. The normalized spacial score (nSPS) is 18.4. The number of methoxy groups -OCH3 is 3. The number of benzene rings is 3. The molecule has 2 atom stereocenters. The van der Waals surface area contributed by atoms with Crippen molar-refractivity contribution in [1.29, 1.82) is 0 Å². The van der Waals surface area contributed by atoms with Gasteiger partial charge in [0.25, 0.3) is 0 Å². The van der Waals surface area contributed by atoms with Crippen LogP contribution in [-0.2, 0) is 0 Å². The molecule has 7 nitrogen and oxygen atoms in total. The van der Waals surface area contributed by atoms with Crippen LogP contribution in [0, 0.1) is 0 Å². The van der Waals surface area contributed by atoms with Crippen LogP contribution in [0.3, 0.4) is 0 Å². The molecule has 0 aromatic heterocycles. The van der Waals surface area contributed by atoms with E-state index in [1.165, 1.54) is 0 Å². The van der Waals surface area contributed by atoms with Gasteiger partial charge in [0.1, 0.15) is 11.5 Å². The Balaban J connectivity index is 1.62. The van der Waals surface area contributed by atoms with Gasteiger partial charge in [-0.3, -0.25) is 0 Å². The summed E-state index contributed by atoms with van der Waals surface area (Å²) in [5.74, 6) is 3.32. The van der Waals surface area contributed by atoms with Crippen molar-refractivity contribution in [2.45, 2.75) is 25.6 Å². The molecule has 7 heteroatoms. The molecule has 0 N–H and O–H groups in total. The van der Waals surface area contributed by atoms with Crippen molar-refractivity contribution in [2.75, 3.05) is 27.9 Å². The highest BCUT2D eigenvalue weighted by Gasteiger charge is 2.41. The van der Waals surface area contributed by atoms with Crippen LogP contribution in [0.15, 0.2) is 65.8 Å². The molecule has 176 valence electrons. The lowest BCUT2D eigenvalue weighted by molar-refractivity contribution is -0.0194. The maximum absolute atomic E-state index is 6.53. The van der Waals surface area contributed by atoms with Gasteiger partial charge in [0.05, 0.1) is 39.7 Å². The zero-order chi connectivity index (χ0) is 23.7. The molecule has 0 spiro atoms. The molecule has 0 fully saturated rings. The Morgan fingerprint density at radius 3 is 2.32 bits per heavy atom. The molecule has 3 aromatic rings. The largest absolute Gasteiger partial charge is 0.494 e. The van der Waals surface area contributed by atoms with Gasteiger partial charge in [0, 0.05) is 17.5 Å². The van der Waals surface area contributed by atoms with E-state index >= 15 is 0 Å². The maximum atomic E-state index is 6.53. The number of hydrogen-bond donors (Lipinski definition) is 0. The molecule has 0 saturated heterocycles. The van der Waals surface area contributed by atoms with Crippen molar-refractivity contribution >= 4 is 5.71 Å². The van der Waals surface area contributed by atoms with E-state index in [0.717, 1.165) is 40.3 Å². The fraction of sp³-hybridized carbons (Fsp3) is 0.296. The lowest BCUT2D eigenvalue weighted by atomic mass is 9.95. The summed E-state index contributed by atoms with van der Waals surface area (Å²) in [6.45, 7) is 2.59. The fourth-order valence-corrected chi connectivity index (χ4v) is 4.59. The molecule has 5 rings (SSSR count). The quantitative estimate of drug-likeness (QED) is 0.474. The first-order valence-corrected chi connectivity index (χ1v) is 11.3. The van der Waals surface area contributed by atoms with Crippen LogP contribution >= 0.6 is 0 Å². The summed E-state index contributed by atoms with van der Waals surface area (Å²) in [5.41, 5.74) is 4.03. The van der Waals surface area contributed by atoms with E-state index in [4.69, 9.17) is 28.8 Å². The summed E-state index contributed by atoms with van der Waals surface area (Å²) in [6, 6.07) is 20.1. The summed E-state index contributed by atoms with van der Waals surface area (Å²) in [4.78, 5) is 0. The Bertz CT molecular complexity index is 1190. The number of rotatable bonds is 7. The summed E-state index contributed by atoms with van der Waals surface area (Å²) in [6.07, 6.45) is 0.294. The Morgan fingerprint density at radius 1 is 0.941 bits per heavy atom. The van der Waals surface area contributed by atoms with Gasteiger partial charge in [-0.05, 0) is 42.8 Å². The molecule has 0 bridgehead atoms. The van der Waals surface area contributed by atoms with E-state index in [1.54, 1.807) is 21.3 Å². The Labute approximate surface area is 199 Å². The minimum Gasteiger partial charge on any atom is -0.494 e. The van der Waals surface area contributed by atoms with E-state index in [9.17, 15) is 0 Å². The number of ether oxygens (including phenoxy) is 5. The molecule has 0 radical (unpaired) electrons. The molecular formula is C27H28N2O5. The van der Waals surface area contributed by atoms with Gasteiger partial charge in [-0.2, -0.15) is 5.10 Å². The highest BCUT2D eigenvalue weighted by Crippen LogP contribution is 2.50. The average molecular weight is 461 g/mol. The molecule has 0 unspecified atom stereocenters. The molecule has 0 aliphatic carbocycles. The van der Waals surface area contributed by atoms with Crippen LogP contribution in [0.5, 0.6) is 28.7 Å². The second-order valence-corrected chi connectivity index (χ2v) is 8.07. The van der Waals surface area contributed by atoms with E-state index in [2.05, 4.69) is 18.2 Å². The first-order valence-electron chi connectivity index (χ1n) is 11.3. The van der Waals surface area contributed by atoms with Gasteiger partial charge in [-0.25, -0.2) is 5.01 Å². The average Bonchev–Trinajstić information content (AvgIpc) is 3.34. The van der Waals surface area contributed by atoms with Crippen LogP contribution in [0.2, 0.25) is 0 Å². The van der Waals surface area contributed by atoms with Gasteiger partial charge in [-0.15, -0.1) is 0 Å². The second kappa shape index (κ2) is 9.17. The fourth-order valence-electron chi connectivity index (χ4n) is 4.59. The smallest absolute Gasteiger partial charge is 0.214 e.